The summed E-state index contributed by atoms with van der Waals surface area (Å²) in [6, 6.07) is 6.28. The highest BCUT2D eigenvalue weighted by Crippen LogP contribution is 2.23. The van der Waals surface area contributed by atoms with Crippen molar-refractivity contribution in [3.05, 3.63) is 36.4 Å². The molecule has 1 heterocycles. The molecule has 0 fully saturated rings. The van der Waals surface area contributed by atoms with Gasteiger partial charge in [0.15, 0.2) is 5.82 Å². The Kier molecular flexibility index (Phi) is 2.50. The lowest BCUT2D eigenvalue weighted by atomic mass is 10.1. The van der Waals surface area contributed by atoms with E-state index in [0.717, 1.165) is 11.4 Å². The van der Waals surface area contributed by atoms with Crippen molar-refractivity contribution in [1.29, 1.82) is 0 Å². The lowest BCUT2D eigenvalue weighted by Gasteiger charge is -2.22. The summed E-state index contributed by atoms with van der Waals surface area (Å²) < 4.78 is 14.8. The van der Waals surface area contributed by atoms with Gasteiger partial charge in [-0.1, -0.05) is 0 Å². The summed E-state index contributed by atoms with van der Waals surface area (Å²) in [7, 11) is 0. The summed E-state index contributed by atoms with van der Waals surface area (Å²) in [4.78, 5) is 0. The summed E-state index contributed by atoms with van der Waals surface area (Å²) in [5.41, 5.74) is 0.779. The molecule has 16 heavy (non-hydrogen) atoms. The molecule has 0 unspecified atom stereocenters. The molecule has 0 aliphatic carbocycles. The first-order valence-electron chi connectivity index (χ1n) is 5.15. The summed E-state index contributed by atoms with van der Waals surface area (Å²) in [6.45, 7) is 6.22. The molecule has 0 saturated heterocycles. The molecule has 4 heteroatoms. The summed E-state index contributed by atoms with van der Waals surface area (Å²) in [5, 5.41) is 7.98. The van der Waals surface area contributed by atoms with E-state index in [4.69, 9.17) is 0 Å². The van der Waals surface area contributed by atoms with Gasteiger partial charge in [0.2, 0.25) is 0 Å². The quantitative estimate of drug-likeness (QED) is 0.738. The number of hydrogen-bond acceptors (Lipinski definition) is 2. The van der Waals surface area contributed by atoms with Crippen molar-refractivity contribution >= 4 is 0 Å². The van der Waals surface area contributed by atoms with Crippen LogP contribution in [0.1, 0.15) is 20.8 Å². The van der Waals surface area contributed by atoms with E-state index in [9.17, 15) is 4.39 Å². The van der Waals surface area contributed by atoms with Gasteiger partial charge < -0.3 is 4.57 Å². The van der Waals surface area contributed by atoms with Gasteiger partial charge >= 0.3 is 0 Å². The Balaban J connectivity index is 2.49. The van der Waals surface area contributed by atoms with Crippen molar-refractivity contribution in [2.24, 2.45) is 0 Å². The van der Waals surface area contributed by atoms with Gasteiger partial charge in [0.25, 0.3) is 0 Å². The van der Waals surface area contributed by atoms with Gasteiger partial charge in [-0.25, -0.2) is 4.39 Å². The van der Waals surface area contributed by atoms with Gasteiger partial charge in [-0.05, 0) is 45.0 Å². The maximum atomic E-state index is 12.8. The fraction of sp³-hybridized carbons (Fsp3) is 0.333. The molecule has 0 atom stereocenters. The number of benzene rings is 1. The van der Waals surface area contributed by atoms with Crippen LogP contribution >= 0.6 is 0 Å². The summed E-state index contributed by atoms with van der Waals surface area (Å²) in [5.74, 6) is 0.512. The van der Waals surface area contributed by atoms with Crippen molar-refractivity contribution in [2.45, 2.75) is 26.3 Å². The Morgan fingerprint density at radius 1 is 1.12 bits per heavy atom. The van der Waals surface area contributed by atoms with Crippen LogP contribution in [0.25, 0.3) is 11.4 Å². The smallest absolute Gasteiger partial charge is 0.164 e. The number of nitrogens with zero attached hydrogens (tertiary/aromatic N) is 3. The second-order valence-corrected chi connectivity index (χ2v) is 4.70. The van der Waals surface area contributed by atoms with Crippen molar-refractivity contribution in [2.75, 3.05) is 0 Å². The Morgan fingerprint density at radius 3 is 2.31 bits per heavy atom. The Hall–Kier alpha value is -1.71. The van der Waals surface area contributed by atoms with E-state index < -0.39 is 0 Å². The molecule has 0 saturated carbocycles. The van der Waals surface area contributed by atoms with Crippen LogP contribution < -0.4 is 0 Å². The number of aromatic nitrogens is 3. The zero-order chi connectivity index (χ0) is 11.8. The van der Waals surface area contributed by atoms with Gasteiger partial charge in [0.05, 0.1) is 0 Å². The number of halogens is 1. The summed E-state index contributed by atoms with van der Waals surface area (Å²) in [6.07, 6.45) is 1.69. The third-order valence-electron chi connectivity index (χ3n) is 2.37. The lowest BCUT2D eigenvalue weighted by molar-refractivity contribution is 0.400. The molecule has 0 spiro atoms. The molecule has 0 N–H and O–H groups in total. The molecular formula is C12H14FN3. The predicted molar refractivity (Wildman–Crippen MR) is 60.4 cm³/mol. The van der Waals surface area contributed by atoms with Crippen LogP contribution in [-0.4, -0.2) is 14.8 Å². The Labute approximate surface area is 93.9 Å². The average molecular weight is 219 g/mol. The summed E-state index contributed by atoms with van der Waals surface area (Å²) >= 11 is 0. The van der Waals surface area contributed by atoms with Crippen LogP contribution in [-0.2, 0) is 5.54 Å². The lowest BCUT2D eigenvalue weighted by Crippen LogP contribution is -2.21. The first kappa shape index (κ1) is 10.8. The van der Waals surface area contributed by atoms with E-state index >= 15 is 0 Å². The number of rotatable bonds is 1. The molecule has 0 bridgehead atoms. The minimum absolute atomic E-state index is 0.0901. The third kappa shape index (κ3) is 1.96. The van der Waals surface area contributed by atoms with E-state index in [2.05, 4.69) is 31.0 Å². The zero-order valence-corrected chi connectivity index (χ0v) is 9.61. The van der Waals surface area contributed by atoms with Crippen molar-refractivity contribution < 1.29 is 4.39 Å². The third-order valence-corrected chi connectivity index (χ3v) is 2.37. The van der Waals surface area contributed by atoms with Crippen molar-refractivity contribution in [3.63, 3.8) is 0 Å². The number of hydrogen-bond donors (Lipinski definition) is 0. The second kappa shape index (κ2) is 3.70. The van der Waals surface area contributed by atoms with Crippen molar-refractivity contribution in [3.8, 4) is 11.4 Å². The van der Waals surface area contributed by atoms with Crippen LogP contribution in [0, 0.1) is 5.82 Å². The van der Waals surface area contributed by atoms with E-state index in [1.165, 1.54) is 12.1 Å². The van der Waals surface area contributed by atoms with Gasteiger partial charge in [-0.2, -0.15) is 0 Å². The fourth-order valence-electron chi connectivity index (χ4n) is 1.52. The normalized spacial score (nSPS) is 11.8. The standard InChI is InChI=1S/C12H14FN3/c1-12(2,3)16-8-14-15-11(16)9-4-6-10(13)7-5-9/h4-8H,1-3H3. The molecule has 0 aliphatic heterocycles. The minimum atomic E-state index is -0.245. The maximum Gasteiger partial charge on any atom is 0.164 e. The second-order valence-electron chi connectivity index (χ2n) is 4.70. The molecule has 2 rings (SSSR count). The molecule has 1 aromatic carbocycles. The monoisotopic (exact) mass is 219 g/mol. The Morgan fingerprint density at radius 2 is 1.75 bits per heavy atom. The molecular weight excluding hydrogens is 205 g/mol. The van der Waals surface area contributed by atoms with Gasteiger partial charge in [-0.15, -0.1) is 10.2 Å². The van der Waals surface area contributed by atoms with Gasteiger partial charge in [-0.3, -0.25) is 0 Å². The molecule has 84 valence electrons. The highest BCUT2D eigenvalue weighted by atomic mass is 19.1. The molecule has 0 amide bonds. The predicted octanol–water partition coefficient (Wildman–Crippen LogP) is 2.84. The van der Waals surface area contributed by atoms with E-state index in [-0.39, 0.29) is 11.4 Å². The minimum Gasteiger partial charge on any atom is -0.308 e. The zero-order valence-electron chi connectivity index (χ0n) is 9.61. The molecule has 0 radical (unpaired) electrons. The maximum absolute atomic E-state index is 12.8. The first-order valence-corrected chi connectivity index (χ1v) is 5.15. The average Bonchev–Trinajstić information content (AvgIpc) is 2.66. The molecule has 1 aromatic heterocycles. The highest BCUT2D eigenvalue weighted by molar-refractivity contribution is 5.54. The largest absolute Gasteiger partial charge is 0.308 e. The Bertz CT molecular complexity index is 480. The topological polar surface area (TPSA) is 30.7 Å². The molecule has 2 aromatic rings. The van der Waals surface area contributed by atoms with Crippen LogP contribution in [0.15, 0.2) is 30.6 Å². The van der Waals surface area contributed by atoms with Crippen molar-refractivity contribution in [1.82, 2.24) is 14.8 Å². The highest BCUT2D eigenvalue weighted by Gasteiger charge is 2.18. The van der Waals surface area contributed by atoms with Crippen LogP contribution in [0.5, 0.6) is 0 Å². The van der Waals surface area contributed by atoms with E-state index in [1.807, 2.05) is 4.57 Å². The molecule has 0 aliphatic rings. The molecule has 3 nitrogen and oxygen atoms in total. The van der Waals surface area contributed by atoms with E-state index in [0.29, 0.717) is 0 Å². The van der Waals surface area contributed by atoms with Gasteiger partial charge in [0.1, 0.15) is 12.1 Å². The van der Waals surface area contributed by atoms with E-state index in [1.54, 1.807) is 18.5 Å². The fourth-order valence-corrected chi connectivity index (χ4v) is 1.52. The van der Waals surface area contributed by atoms with Crippen LogP contribution in [0.4, 0.5) is 4.39 Å². The van der Waals surface area contributed by atoms with Crippen LogP contribution in [0.3, 0.4) is 0 Å². The first-order chi connectivity index (χ1) is 7.48. The SMILES string of the molecule is CC(C)(C)n1cnnc1-c1ccc(F)cc1. The van der Waals surface area contributed by atoms with Crippen LogP contribution in [0.2, 0.25) is 0 Å². The van der Waals surface area contributed by atoms with Gasteiger partial charge in [0, 0.05) is 11.1 Å².